The molecule has 0 radical (unpaired) electrons. The zero-order chi connectivity index (χ0) is 19.5. The van der Waals surface area contributed by atoms with E-state index in [0.717, 1.165) is 5.56 Å². The van der Waals surface area contributed by atoms with Crippen molar-refractivity contribution in [3.63, 3.8) is 0 Å². The van der Waals surface area contributed by atoms with Gasteiger partial charge in [0.15, 0.2) is 21.3 Å². The van der Waals surface area contributed by atoms with Gasteiger partial charge in [0.1, 0.15) is 0 Å². The summed E-state index contributed by atoms with van der Waals surface area (Å²) in [5.74, 6) is 1.07. The van der Waals surface area contributed by atoms with Crippen LogP contribution in [-0.2, 0) is 14.6 Å². The maximum absolute atomic E-state index is 13.3. The predicted octanol–water partition coefficient (Wildman–Crippen LogP) is 2.48. The Morgan fingerprint density at radius 2 is 1.88 bits per heavy atom. The fourth-order valence-corrected chi connectivity index (χ4v) is 5.38. The molecule has 1 aliphatic heterocycles. The number of amides is 1. The van der Waals surface area contributed by atoms with E-state index >= 15 is 0 Å². The number of likely N-dealkylation sites (N-methyl/N-ethyl adjacent to an activating group) is 1. The minimum Gasteiger partial charge on any atom is -0.493 e. The Bertz CT molecular complexity index is 744. The largest absolute Gasteiger partial charge is 0.493 e. The lowest BCUT2D eigenvalue weighted by Crippen LogP contribution is -2.44. The number of sulfone groups is 1. The Kier molecular flexibility index (Phi) is 6.55. The molecule has 0 spiro atoms. The van der Waals surface area contributed by atoms with Gasteiger partial charge in [0, 0.05) is 12.6 Å². The Morgan fingerprint density at radius 3 is 2.35 bits per heavy atom. The van der Waals surface area contributed by atoms with Gasteiger partial charge in [-0.25, -0.2) is 8.42 Å². The fraction of sp³-hybridized carbons (Fsp3) is 0.632. The van der Waals surface area contributed by atoms with Crippen LogP contribution in [0.3, 0.4) is 0 Å². The molecule has 1 heterocycles. The molecule has 2 unspecified atom stereocenters. The zero-order valence-electron chi connectivity index (χ0n) is 16.2. The first-order chi connectivity index (χ1) is 12.2. The topological polar surface area (TPSA) is 72.9 Å². The Labute approximate surface area is 156 Å². The smallest absolute Gasteiger partial charge is 0.230 e. The third kappa shape index (κ3) is 4.31. The highest BCUT2D eigenvalue weighted by molar-refractivity contribution is 7.91. The van der Waals surface area contributed by atoms with Crippen LogP contribution in [0, 0.1) is 5.92 Å². The molecule has 1 aromatic carbocycles. The second-order valence-corrected chi connectivity index (χ2v) is 9.25. The number of carbonyl (C=O) groups is 1. The van der Waals surface area contributed by atoms with Gasteiger partial charge in [0.25, 0.3) is 0 Å². The van der Waals surface area contributed by atoms with Crippen molar-refractivity contribution >= 4 is 15.7 Å². The van der Waals surface area contributed by atoms with E-state index < -0.39 is 9.84 Å². The highest BCUT2D eigenvalue weighted by Crippen LogP contribution is 2.35. The van der Waals surface area contributed by atoms with Crippen LogP contribution in [0.15, 0.2) is 18.2 Å². The first-order valence-electron chi connectivity index (χ1n) is 8.96. The molecule has 7 heteroatoms. The molecule has 1 saturated heterocycles. The van der Waals surface area contributed by atoms with E-state index in [1.165, 1.54) is 0 Å². The second-order valence-electron chi connectivity index (χ2n) is 7.02. The van der Waals surface area contributed by atoms with Gasteiger partial charge >= 0.3 is 0 Å². The summed E-state index contributed by atoms with van der Waals surface area (Å²) in [6, 6.07) is 5.27. The average molecular weight is 384 g/mol. The average Bonchev–Trinajstić information content (AvgIpc) is 2.94. The zero-order valence-corrected chi connectivity index (χ0v) is 17.0. The fourth-order valence-electron chi connectivity index (χ4n) is 3.65. The number of carbonyl (C=O) groups excluding carboxylic acids is 1. The quantitative estimate of drug-likeness (QED) is 0.723. The summed E-state index contributed by atoms with van der Waals surface area (Å²) in [5.41, 5.74) is 0.849. The van der Waals surface area contributed by atoms with E-state index in [-0.39, 0.29) is 35.3 Å². The maximum atomic E-state index is 13.3. The van der Waals surface area contributed by atoms with Crippen molar-refractivity contribution in [1.82, 2.24) is 4.90 Å². The molecule has 6 nitrogen and oxygen atoms in total. The Hall–Kier alpha value is -1.76. The van der Waals surface area contributed by atoms with Crippen LogP contribution in [0.5, 0.6) is 11.5 Å². The number of nitrogens with zero attached hydrogens (tertiary/aromatic N) is 1. The van der Waals surface area contributed by atoms with Gasteiger partial charge in [-0.15, -0.1) is 0 Å². The lowest BCUT2D eigenvalue weighted by Gasteiger charge is -2.32. The Balaban J connectivity index is 2.35. The van der Waals surface area contributed by atoms with E-state index in [9.17, 15) is 13.2 Å². The molecule has 0 bridgehead atoms. The first-order valence-corrected chi connectivity index (χ1v) is 10.8. The highest BCUT2D eigenvalue weighted by atomic mass is 32.2. The van der Waals surface area contributed by atoms with Crippen LogP contribution in [0.1, 0.15) is 38.7 Å². The molecule has 2 rings (SSSR count). The van der Waals surface area contributed by atoms with Gasteiger partial charge in [-0.05, 0) is 37.0 Å². The van der Waals surface area contributed by atoms with Crippen LogP contribution >= 0.6 is 0 Å². The monoisotopic (exact) mass is 383 g/mol. The van der Waals surface area contributed by atoms with Crippen molar-refractivity contribution in [3.05, 3.63) is 23.8 Å². The number of hydrogen-bond acceptors (Lipinski definition) is 5. The van der Waals surface area contributed by atoms with Gasteiger partial charge in [-0.3, -0.25) is 4.79 Å². The van der Waals surface area contributed by atoms with E-state index in [4.69, 9.17) is 9.47 Å². The minimum absolute atomic E-state index is 0.0307. The van der Waals surface area contributed by atoms with Crippen LogP contribution in [0.2, 0.25) is 0 Å². The van der Waals surface area contributed by atoms with Gasteiger partial charge < -0.3 is 14.4 Å². The SMILES string of the molecule is CCN(C(=O)C(c1ccc(OC)c(OC)c1)C(C)C)C1CCS(=O)(=O)C1. The van der Waals surface area contributed by atoms with Gasteiger partial charge in [-0.1, -0.05) is 19.9 Å². The van der Waals surface area contributed by atoms with Crippen molar-refractivity contribution < 1.29 is 22.7 Å². The molecule has 1 aromatic rings. The normalized spacial score (nSPS) is 20.0. The predicted molar refractivity (Wildman–Crippen MR) is 102 cm³/mol. The van der Waals surface area contributed by atoms with Gasteiger partial charge in [0.05, 0.1) is 31.6 Å². The first kappa shape index (κ1) is 20.6. The van der Waals surface area contributed by atoms with Crippen molar-refractivity contribution in [2.45, 2.75) is 39.2 Å². The lowest BCUT2D eigenvalue weighted by atomic mass is 9.86. The Morgan fingerprint density at radius 1 is 1.23 bits per heavy atom. The number of rotatable bonds is 7. The van der Waals surface area contributed by atoms with E-state index in [1.54, 1.807) is 25.2 Å². The van der Waals surface area contributed by atoms with Crippen molar-refractivity contribution in [1.29, 1.82) is 0 Å². The molecule has 0 N–H and O–H groups in total. The summed E-state index contributed by atoms with van der Waals surface area (Å²) in [4.78, 5) is 15.1. The third-order valence-corrected chi connectivity index (χ3v) is 6.72. The third-order valence-electron chi connectivity index (χ3n) is 4.97. The number of methoxy groups -OCH3 is 2. The number of hydrogen-bond donors (Lipinski definition) is 0. The minimum atomic E-state index is -3.04. The highest BCUT2D eigenvalue weighted by Gasteiger charge is 2.37. The molecule has 26 heavy (non-hydrogen) atoms. The lowest BCUT2D eigenvalue weighted by molar-refractivity contribution is -0.135. The van der Waals surface area contributed by atoms with Crippen molar-refractivity contribution in [2.24, 2.45) is 5.92 Å². The van der Waals surface area contributed by atoms with Crippen molar-refractivity contribution in [3.8, 4) is 11.5 Å². The summed E-state index contributed by atoms with van der Waals surface area (Å²) in [7, 11) is 0.0917. The van der Waals surface area contributed by atoms with Crippen LogP contribution < -0.4 is 9.47 Å². The molecule has 1 aliphatic rings. The second kappa shape index (κ2) is 8.29. The molecule has 146 valence electrons. The molecule has 0 aliphatic carbocycles. The summed E-state index contributed by atoms with van der Waals surface area (Å²) in [6.07, 6.45) is 0.513. The molecule has 1 fully saturated rings. The standard InChI is InChI=1S/C19H29NO5S/c1-6-20(15-9-10-26(22,23)12-15)19(21)18(13(2)3)14-7-8-16(24-4)17(11-14)25-5/h7-8,11,13,15,18H,6,9-10,12H2,1-5H3. The molecule has 0 saturated carbocycles. The van der Waals surface area contributed by atoms with Crippen LogP contribution in [0.4, 0.5) is 0 Å². The van der Waals surface area contributed by atoms with Crippen LogP contribution in [-0.4, -0.2) is 57.5 Å². The molecular formula is C19H29NO5S. The van der Waals surface area contributed by atoms with Gasteiger partial charge in [-0.2, -0.15) is 0 Å². The molecular weight excluding hydrogens is 354 g/mol. The van der Waals surface area contributed by atoms with Crippen LogP contribution in [0.25, 0.3) is 0 Å². The molecule has 2 atom stereocenters. The van der Waals surface area contributed by atoms with Gasteiger partial charge in [0.2, 0.25) is 5.91 Å². The number of benzene rings is 1. The summed E-state index contributed by atoms with van der Waals surface area (Å²) in [5, 5.41) is 0. The summed E-state index contributed by atoms with van der Waals surface area (Å²) >= 11 is 0. The summed E-state index contributed by atoms with van der Waals surface area (Å²) in [6.45, 7) is 6.39. The summed E-state index contributed by atoms with van der Waals surface area (Å²) < 4.78 is 34.3. The molecule has 1 amide bonds. The van der Waals surface area contributed by atoms with Crippen molar-refractivity contribution in [2.75, 3.05) is 32.3 Å². The number of ether oxygens (including phenoxy) is 2. The molecule has 0 aromatic heterocycles. The maximum Gasteiger partial charge on any atom is 0.230 e. The van der Waals surface area contributed by atoms with E-state index in [2.05, 4.69) is 0 Å². The van der Waals surface area contributed by atoms with E-state index in [1.807, 2.05) is 32.9 Å². The van der Waals surface area contributed by atoms with E-state index in [0.29, 0.717) is 24.5 Å².